The average Bonchev–Trinajstić information content (AvgIpc) is 2.53. The topological polar surface area (TPSA) is 72.8 Å². The molecule has 0 heterocycles. The molecule has 0 unspecified atom stereocenters. The van der Waals surface area contributed by atoms with Gasteiger partial charge in [-0.15, -0.1) is 0 Å². The standard InChI is InChI=1S/C16H18O5/c1-20-11-7-10(8-12(9-11)21-2)15(17)13-5-3-4-6-14(13)16(18)19/h7-9H,3-6H2,1-2H3,(H,18,19). The molecule has 0 saturated carbocycles. The third-order valence-corrected chi connectivity index (χ3v) is 3.61. The normalized spacial score (nSPS) is 14.8. The van der Waals surface area contributed by atoms with E-state index in [1.165, 1.54) is 14.2 Å². The molecule has 0 fully saturated rings. The number of methoxy groups -OCH3 is 2. The number of hydrogen-bond acceptors (Lipinski definition) is 4. The van der Waals surface area contributed by atoms with Crippen LogP contribution in [-0.4, -0.2) is 31.1 Å². The van der Waals surface area contributed by atoms with Crippen molar-refractivity contribution >= 4 is 11.8 Å². The number of ether oxygens (including phenoxy) is 2. The number of benzene rings is 1. The van der Waals surface area contributed by atoms with Gasteiger partial charge in [0.1, 0.15) is 11.5 Å². The first-order chi connectivity index (χ1) is 10.1. The van der Waals surface area contributed by atoms with Gasteiger partial charge in [0, 0.05) is 22.8 Å². The first-order valence-corrected chi connectivity index (χ1v) is 6.80. The van der Waals surface area contributed by atoms with Crippen LogP contribution < -0.4 is 9.47 Å². The summed E-state index contributed by atoms with van der Waals surface area (Å²) in [5.41, 5.74) is 1.01. The van der Waals surface area contributed by atoms with E-state index in [-0.39, 0.29) is 11.4 Å². The lowest BCUT2D eigenvalue weighted by Gasteiger charge is -2.17. The van der Waals surface area contributed by atoms with Crippen LogP contribution >= 0.6 is 0 Å². The summed E-state index contributed by atoms with van der Waals surface area (Å²) in [6, 6.07) is 4.88. The monoisotopic (exact) mass is 290 g/mol. The summed E-state index contributed by atoms with van der Waals surface area (Å²) in [5.74, 6) is -0.255. The van der Waals surface area contributed by atoms with E-state index in [1.54, 1.807) is 18.2 Å². The van der Waals surface area contributed by atoms with E-state index < -0.39 is 5.97 Å². The number of carbonyl (C=O) groups is 2. The minimum absolute atomic E-state index is 0.230. The minimum Gasteiger partial charge on any atom is -0.497 e. The van der Waals surface area contributed by atoms with Crippen LogP contribution in [0.15, 0.2) is 29.3 Å². The maximum absolute atomic E-state index is 12.6. The van der Waals surface area contributed by atoms with Gasteiger partial charge in [0.05, 0.1) is 14.2 Å². The van der Waals surface area contributed by atoms with E-state index in [2.05, 4.69) is 0 Å². The van der Waals surface area contributed by atoms with Crippen molar-refractivity contribution in [3.05, 3.63) is 34.9 Å². The number of hydrogen-bond donors (Lipinski definition) is 1. The second-order valence-corrected chi connectivity index (χ2v) is 4.90. The Morgan fingerprint density at radius 1 is 0.952 bits per heavy atom. The Kier molecular flexibility index (Phi) is 4.62. The molecule has 0 bridgehead atoms. The Morgan fingerprint density at radius 3 is 1.95 bits per heavy atom. The van der Waals surface area contributed by atoms with Gasteiger partial charge < -0.3 is 14.6 Å². The molecule has 0 radical (unpaired) electrons. The molecule has 2 rings (SSSR count). The van der Waals surface area contributed by atoms with E-state index in [4.69, 9.17) is 9.47 Å². The number of rotatable bonds is 5. The molecule has 0 aromatic heterocycles. The highest BCUT2D eigenvalue weighted by Gasteiger charge is 2.25. The van der Waals surface area contributed by atoms with Crippen molar-refractivity contribution in [1.29, 1.82) is 0 Å². The van der Waals surface area contributed by atoms with Crippen molar-refractivity contribution in [2.24, 2.45) is 0 Å². The maximum Gasteiger partial charge on any atom is 0.331 e. The summed E-state index contributed by atoms with van der Waals surface area (Å²) in [5, 5.41) is 9.25. The van der Waals surface area contributed by atoms with Crippen LogP contribution in [0.25, 0.3) is 0 Å². The SMILES string of the molecule is COc1cc(OC)cc(C(=O)C2=C(C(=O)O)CCCC2)c1. The smallest absolute Gasteiger partial charge is 0.331 e. The number of carboxylic acid groups (broad SMARTS) is 1. The quantitative estimate of drug-likeness (QED) is 0.844. The summed E-state index contributed by atoms with van der Waals surface area (Å²) in [6.07, 6.45) is 2.58. The van der Waals surface area contributed by atoms with Gasteiger partial charge in [-0.1, -0.05) is 0 Å². The van der Waals surface area contributed by atoms with E-state index >= 15 is 0 Å². The van der Waals surface area contributed by atoms with E-state index in [0.29, 0.717) is 35.5 Å². The molecule has 112 valence electrons. The highest BCUT2D eigenvalue weighted by atomic mass is 16.5. The molecule has 0 aliphatic heterocycles. The Bertz CT molecular complexity index is 578. The number of allylic oxidation sites excluding steroid dienone is 1. The summed E-state index contributed by atoms with van der Waals surface area (Å²) < 4.78 is 10.3. The molecule has 1 aliphatic rings. The van der Waals surface area contributed by atoms with Crippen molar-refractivity contribution in [2.45, 2.75) is 25.7 Å². The molecule has 0 saturated heterocycles. The van der Waals surface area contributed by atoms with Gasteiger partial charge in [-0.2, -0.15) is 0 Å². The fourth-order valence-corrected chi connectivity index (χ4v) is 2.50. The van der Waals surface area contributed by atoms with Crippen molar-refractivity contribution in [1.82, 2.24) is 0 Å². The van der Waals surface area contributed by atoms with Gasteiger partial charge in [-0.05, 0) is 37.8 Å². The van der Waals surface area contributed by atoms with Crippen LogP contribution in [0.4, 0.5) is 0 Å². The highest BCUT2D eigenvalue weighted by molar-refractivity contribution is 6.13. The number of carbonyl (C=O) groups excluding carboxylic acids is 1. The fraction of sp³-hybridized carbons (Fsp3) is 0.375. The predicted molar refractivity (Wildman–Crippen MR) is 77.0 cm³/mol. The van der Waals surface area contributed by atoms with Gasteiger partial charge in [-0.3, -0.25) is 4.79 Å². The van der Waals surface area contributed by atoms with Gasteiger partial charge in [0.2, 0.25) is 0 Å². The summed E-state index contributed by atoms with van der Waals surface area (Å²) in [4.78, 5) is 23.9. The Hall–Kier alpha value is -2.30. The lowest BCUT2D eigenvalue weighted by Crippen LogP contribution is -2.15. The molecule has 1 aromatic carbocycles. The Labute approximate surface area is 123 Å². The number of carboxylic acids is 1. The summed E-state index contributed by atoms with van der Waals surface area (Å²) in [7, 11) is 3.01. The number of Topliss-reactive ketones (excluding diaryl/α,β-unsaturated/α-hetero) is 1. The zero-order valence-corrected chi connectivity index (χ0v) is 12.1. The first-order valence-electron chi connectivity index (χ1n) is 6.80. The summed E-state index contributed by atoms with van der Waals surface area (Å²) >= 11 is 0. The Morgan fingerprint density at radius 2 is 1.48 bits per heavy atom. The zero-order valence-electron chi connectivity index (χ0n) is 12.1. The lowest BCUT2D eigenvalue weighted by molar-refractivity contribution is -0.133. The second kappa shape index (κ2) is 6.43. The number of ketones is 1. The third-order valence-electron chi connectivity index (χ3n) is 3.61. The Balaban J connectivity index is 2.45. The molecule has 5 nitrogen and oxygen atoms in total. The average molecular weight is 290 g/mol. The molecule has 21 heavy (non-hydrogen) atoms. The molecule has 1 N–H and O–H groups in total. The van der Waals surface area contributed by atoms with Gasteiger partial charge in [0.25, 0.3) is 0 Å². The van der Waals surface area contributed by atoms with Crippen LogP contribution in [0.2, 0.25) is 0 Å². The molecule has 0 atom stereocenters. The van der Waals surface area contributed by atoms with Gasteiger partial charge >= 0.3 is 5.97 Å². The summed E-state index contributed by atoms with van der Waals surface area (Å²) in [6.45, 7) is 0. The zero-order chi connectivity index (χ0) is 15.4. The molecule has 1 aromatic rings. The van der Waals surface area contributed by atoms with Crippen molar-refractivity contribution < 1.29 is 24.2 Å². The fourth-order valence-electron chi connectivity index (χ4n) is 2.50. The third kappa shape index (κ3) is 3.24. The predicted octanol–water partition coefficient (Wildman–Crippen LogP) is 2.84. The van der Waals surface area contributed by atoms with Crippen molar-refractivity contribution in [3.8, 4) is 11.5 Å². The van der Waals surface area contributed by atoms with E-state index in [9.17, 15) is 14.7 Å². The molecule has 1 aliphatic carbocycles. The highest BCUT2D eigenvalue weighted by Crippen LogP contribution is 2.30. The molecule has 0 amide bonds. The van der Waals surface area contributed by atoms with Crippen LogP contribution in [-0.2, 0) is 4.79 Å². The van der Waals surface area contributed by atoms with Crippen LogP contribution in [0.1, 0.15) is 36.0 Å². The molecular weight excluding hydrogens is 272 g/mol. The second-order valence-electron chi connectivity index (χ2n) is 4.90. The lowest BCUT2D eigenvalue weighted by atomic mass is 9.87. The molecular formula is C16H18O5. The van der Waals surface area contributed by atoms with Crippen LogP contribution in [0.5, 0.6) is 11.5 Å². The van der Waals surface area contributed by atoms with Crippen molar-refractivity contribution in [2.75, 3.05) is 14.2 Å². The molecule has 5 heteroatoms. The van der Waals surface area contributed by atoms with E-state index in [1.807, 2.05) is 0 Å². The van der Waals surface area contributed by atoms with Gasteiger partial charge in [0.15, 0.2) is 5.78 Å². The van der Waals surface area contributed by atoms with E-state index in [0.717, 1.165) is 12.8 Å². The molecule has 0 spiro atoms. The van der Waals surface area contributed by atoms with Crippen LogP contribution in [0, 0.1) is 0 Å². The minimum atomic E-state index is -1.01. The maximum atomic E-state index is 12.6. The van der Waals surface area contributed by atoms with Crippen LogP contribution in [0.3, 0.4) is 0 Å². The first kappa shape index (κ1) is 15.1. The van der Waals surface area contributed by atoms with Crippen molar-refractivity contribution in [3.63, 3.8) is 0 Å². The largest absolute Gasteiger partial charge is 0.497 e. The number of aliphatic carboxylic acids is 1. The van der Waals surface area contributed by atoms with Gasteiger partial charge in [-0.25, -0.2) is 4.79 Å².